The number of hydrogen-bond donors (Lipinski definition) is 0. The Hall–Kier alpha value is -2.27. The van der Waals surface area contributed by atoms with Crippen LogP contribution in [0.3, 0.4) is 0 Å². The molecule has 0 unspecified atom stereocenters. The van der Waals surface area contributed by atoms with Crippen molar-refractivity contribution in [2.24, 2.45) is 0 Å². The van der Waals surface area contributed by atoms with Crippen LogP contribution in [0.15, 0.2) is 40.9 Å². The summed E-state index contributed by atoms with van der Waals surface area (Å²) < 4.78 is 11.6. The highest BCUT2D eigenvalue weighted by Gasteiger charge is 2.31. The smallest absolute Gasteiger partial charge is 0.258 e. The second-order valence-electron chi connectivity index (χ2n) is 5.76. The molecule has 0 fully saturated rings. The maximum absolute atomic E-state index is 12.9. The van der Waals surface area contributed by atoms with Crippen LogP contribution in [0.2, 0.25) is 0 Å². The number of carbonyl (C=O) groups is 1. The molecule has 1 heterocycles. The molecule has 1 aliphatic rings. The van der Waals surface area contributed by atoms with Crippen LogP contribution >= 0.6 is 15.9 Å². The average molecular weight is 402 g/mol. The lowest BCUT2D eigenvalue weighted by Crippen LogP contribution is -2.26. The van der Waals surface area contributed by atoms with Crippen molar-refractivity contribution in [2.75, 3.05) is 25.7 Å². The van der Waals surface area contributed by atoms with Crippen molar-refractivity contribution in [3.63, 3.8) is 0 Å². The highest BCUT2D eigenvalue weighted by atomic mass is 79.9. The molecule has 0 saturated heterocycles. The Kier molecular flexibility index (Phi) is 5.13. The third kappa shape index (κ3) is 3.16. The summed E-state index contributed by atoms with van der Waals surface area (Å²) in [7, 11) is 3.22. The highest BCUT2D eigenvalue weighted by molar-refractivity contribution is 9.10. The number of carbonyl (C=O) groups excluding carboxylic acids is 1. The van der Waals surface area contributed by atoms with Crippen LogP contribution in [0.4, 0.5) is 5.69 Å². The summed E-state index contributed by atoms with van der Waals surface area (Å²) in [5, 5.41) is 0. The van der Waals surface area contributed by atoms with E-state index in [1.165, 1.54) is 0 Å². The van der Waals surface area contributed by atoms with E-state index in [1.807, 2.05) is 47.4 Å². The van der Waals surface area contributed by atoms with E-state index in [4.69, 9.17) is 9.47 Å². The minimum atomic E-state index is 0.0250. The molecule has 2 aromatic rings. The van der Waals surface area contributed by atoms with Crippen LogP contribution in [0.1, 0.15) is 24.5 Å². The number of halogens is 1. The first-order valence-electron chi connectivity index (χ1n) is 8.15. The van der Waals surface area contributed by atoms with Gasteiger partial charge in [0.15, 0.2) is 0 Å². The van der Waals surface area contributed by atoms with Crippen LogP contribution in [-0.4, -0.2) is 26.7 Å². The van der Waals surface area contributed by atoms with E-state index in [0.717, 1.165) is 27.7 Å². The lowest BCUT2D eigenvalue weighted by Gasteiger charge is -2.15. The zero-order chi connectivity index (χ0) is 18.0. The molecule has 0 spiro atoms. The van der Waals surface area contributed by atoms with Gasteiger partial charge in [0, 0.05) is 29.3 Å². The van der Waals surface area contributed by atoms with E-state index >= 15 is 0 Å². The van der Waals surface area contributed by atoms with Crippen molar-refractivity contribution in [1.82, 2.24) is 0 Å². The van der Waals surface area contributed by atoms with Gasteiger partial charge in [-0.3, -0.25) is 4.79 Å². The van der Waals surface area contributed by atoms with Gasteiger partial charge < -0.3 is 14.4 Å². The SMILES string of the molecule is CCCN1C(=O)/C(=C\c2cc(Br)c(OC)cc2OC)c2ccccc21. The first-order valence-corrected chi connectivity index (χ1v) is 8.94. The van der Waals surface area contributed by atoms with Gasteiger partial charge in [0.2, 0.25) is 0 Å². The molecule has 2 aromatic carbocycles. The molecular formula is C20H20BrNO3. The maximum atomic E-state index is 12.9. The van der Waals surface area contributed by atoms with E-state index < -0.39 is 0 Å². The maximum Gasteiger partial charge on any atom is 0.258 e. The van der Waals surface area contributed by atoms with Crippen LogP contribution in [0.25, 0.3) is 11.6 Å². The predicted molar refractivity (Wildman–Crippen MR) is 104 cm³/mol. The number of para-hydroxylation sites is 1. The average Bonchev–Trinajstić information content (AvgIpc) is 2.88. The van der Waals surface area contributed by atoms with Crippen molar-refractivity contribution in [3.05, 3.63) is 52.0 Å². The number of rotatable bonds is 5. The molecule has 0 atom stereocenters. The number of anilines is 1. The van der Waals surface area contributed by atoms with Gasteiger partial charge in [-0.25, -0.2) is 0 Å². The second kappa shape index (κ2) is 7.31. The fourth-order valence-electron chi connectivity index (χ4n) is 3.04. The molecule has 4 nitrogen and oxygen atoms in total. The molecule has 0 bridgehead atoms. The van der Waals surface area contributed by atoms with Gasteiger partial charge in [-0.2, -0.15) is 0 Å². The van der Waals surface area contributed by atoms with Crippen molar-refractivity contribution in [1.29, 1.82) is 0 Å². The molecule has 0 radical (unpaired) electrons. The van der Waals surface area contributed by atoms with Gasteiger partial charge in [-0.1, -0.05) is 25.1 Å². The number of fused-ring (bicyclic) bond motifs is 1. The molecule has 0 aromatic heterocycles. The number of methoxy groups -OCH3 is 2. The van der Waals surface area contributed by atoms with E-state index in [2.05, 4.69) is 22.9 Å². The van der Waals surface area contributed by atoms with Gasteiger partial charge in [0.25, 0.3) is 5.91 Å². The molecule has 25 heavy (non-hydrogen) atoms. The molecular weight excluding hydrogens is 382 g/mol. The van der Waals surface area contributed by atoms with Crippen LogP contribution in [-0.2, 0) is 4.79 Å². The topological polar surface area (TPSA) is 38.8 Å². The summed E-state index contributed by atoms with van der Waals surface area (Å²) in [5.41, 5.74) is 3.42. The lowest BCUT2D eigenvalue weighted by atomic mass is 10.0. The van der Waals surface area contributed by atoms with Crippen molar-refractivity contribution in [2.45, 2.75) is 13.3 Å². The van der Waals surface area contributed by atoms with Gasteiger partial charge >= 0.3 is 0 Å². The predicted octanol–water partition coefficient (Wildman–Crippen LogP) is 4.76. The summed E-state index contributed by atoms with van der Waals surface area (Å²) >= 11 is 3.50. The van der Waals surface area contributed by atoms with E-state index in [1.54, 1.807) is 14.2 Å². The third-order valence-corrected chi connectivity index (χ3v) is 4.83. The van der Waals surface area contributed by atoms with Gasteiger partial charge in [-0.05, 0) is 40.6 Å². The summed E-state index contributed by atoms with van der Waals surface area (Å²) in [5.74, 6) is 1.37. The third-order valence-electron chi connectivity index (χ3n) is 4.21. The Bertz CT molecular complexity index is 845. The number of amides is 1. The molecule has 0 aliphatic carbocycles. The summed E-state index contributed by atoms with van der Waals surface area (Å²) in [6.45, 7) is 2.78. The summed E-state index contributed by atoms with van der Waals surface area (Å²) in [6, 6.07) is 11.6. The van der Waals surface area contributed by atoms with Crippen molar-refractivity contribution < 1.29 is 14.3 Å². The molecule has 3 rings (SSSR count). The standard InChI is InChI=1S/C20H20BrNO3/c1-4-9-22-17-8-6-5-7-14(17)15(20(22)23)10-13-11-16(21)19(25-3)12-18(13)24-2/h5-8,10-12H,4,9H2,1-3H3/b15-10-. The first kappa shape index (κ1) is 17.5. The largest absolute Gasteiger partial charge is 0.496 e. The Balaban J connectivity index is 2.13. The van der Waals surface area contributed by atoms with Crippen molar-refractivity contribution >= 4 is 39.2 Å². The zero-order valence-corrected chi connectivity index (χ0v) is 16.1. The highest BCUT2D eigenvalue weighted by Crippen LogP contribution is 2.40. The van der Waals surface area contributed by atoms with Crippen molar-refractivity contribution in [3.8, 4) is 11.5 Å². The number of benzene rings is 2. The fraction of sp³-hybridized carbons (Fsp3) is 0.250. The van der Waals surface area contributed by atoms with Crippen LogP contribution < -0.4 is 14.4 Å². The Labute approximate surface area is 156 Å². The molecule has 1 amide bonds. The summed E-state index contributed by atoms with van der Waals surface area (Å²) in [4.78, 5) is 14.8. The van der Waals surface area contributed by atoms with E-state index in [-0.39, 0.29) is 5.91 Å². The first-order chi connectivity index (χ1) is 12.1. The fourth-order valence-corrected chi connectivity index (χ4v) is 3.57. The normalized spacial score (nSPS) is 14.8. The molecule has 5 heteroatoms. The molecule has 1 aliphatic heterocycles. The monoisotopic (exact) mass is 401 g/mol. The number of ether oxygens (including phenoxy) is 2. The van der Waals surface area contributed by atoms with Gasteiger partial charge in [0.1, 0.15) is 11.5 Å². The quantitative estimate of drug-likeness (QED) is 0.677. The second-order valence-corrected chi connectivity index (χ2v) is 6.61. The molecule has 0 saturated carbocycles. The Morgan fingerprint density at radius 3 is 2.52 bits per heavy atom. The van der Waals surface area contributed by atoms with Crippen LogP contribution in [0, 0.1) is 0 Å². The van der Waals surface area contributed by atoms with Gasteiger partial charge in [0.05, 0.1) is 24.4 Å². The van der Waals surface area contributed by atoms with E-state index in [0.29, 0.717) is 23.6 Å². The Morgan fingerprint density at radius 2 is 1.84 bits per heavy atom. The molecule has 130 valence electrons. The zero-order valence-electron chi connectivity index (χ0n) is 14.5. The lowest BCUT2D eigenvalue weighted by molar-refractivity contribution is -0.113. The minimum absolute atomic E-state index is 0.0250. The van der Waals surface area contributed by atoms with Crippen LogP contribution in [0.5, 0.6) is 11.5 Å². The Morgan fingerprint density at radius 1 is 1.12 bits per heavy atom. The van der Waals surface area contributed by atoms with E-state index in [9.17, 15) is 4.79 Å². The molecule has 0 N–H and O–H groups in total. The number of nitrogens with zero attached hydrogens (tertiary/aromatic N) is 1. The van der Waals surface area contributed by atoms with Gasteiger partial charge in [-0.15, -0.1) is 0 Å². The number of hydrogen-bond acceptors (Lipinski definition) is 3. The summed E-state index contributed by atoms with van der Waals surface area (Å²) in [6.07, 6.45) is 2.80. The minimum Gasteiger partial charge on any atom is -0.496 e.